The minimum atomic E-state index is -0.317. The van der Waals surface area contributed by atoms with Gasteiger partial charge < -0.3 is 0 Å². The first-order valence-electron chi connectivity index (χ1n) is 6.02. The second kappa shape index (κ2) is 5.66. The number of benzene rings is 2. The zero-order chi connectivity index (χ0) is 14.0. The molecule has 0 aliphatic heterocycles. The Labute approximate surface area is 120 Å². The van der Waals surface area contributed by atoms with E-state index in [9.17, 15) is 9.18 Å². The number of hydrogen-bond donors (Lipinski definition) is 0. The second-order valence-corrected chi connectivity index (χ2v) is 5.50. The van der Waals surface area contributed by atoms with Gasteiger partial charge in [0.15, 0.2) is 5.78 Å². The largest absolute Gasteiger partial charge is 0.294 e. The first kappa shape index (κ1) is 13.9. The maximum absolute atomic E-state index is 13.1. The lowest BCUT2D eigenvalue weighted by atomic mass is 9.99. The predicted octanol–water partition coefficient (Wildman–Crippen LogP) is 4.63. The van der Waals surface area contributed by atoms with Gasteiger partial charge in [-0.25, -0.2) is 4.39 Å². The van der Waals surface area contributed by atoms with Gasteiger partial charge in [0.2, 0.25) is 0 Å². The molecule has 0 unspecified atom stereocenters. The van der Waals surface area contributed by atoms with Crippen LogP contribution in [-0.4, -0.2) is 5.78 Å². The zero-order valence-corrected chi connectivity index (χ0v) is 12.4. The summed E-state index contributed by atoms with van der Waals surface area (Å²) in [6.45, 7) is 4.00. The summed E-state index contributed by atoms with van der Waals surface area (Å²) < 4.78 is 13.5. The minimum Gasteiger partial charge on any atom is -0.294 e. The van der Waals surface area contributed by atoms with Crippen molar-refractivity contribution in [3.63, 3.8) is 0 Å². The molecule has 0 atom stereocenters. The Hall–Kier alpha value is -1.48. The summed E-state index contributed by atoms with van der Waals surface area (Å²) in [4.78, 5) is 12.2. The quantitative estimate of drug-likeness (QED) is 0.753. The zero-order valence-electron chi connectivity index (χ0n) is 10.8. The van der Waals surface area contributed by atoms with E-state index < -0.39 is 0 Å². The first-order chi connectivity index (χ1) is 8.97. The molecule has 19 heavy (non-hydrogen) atoms. The van der Waals surface area contributed by atoms with Gasteiger partial charge in [0, 0.05) is 12.0 Å². The summed E-state index contributed by atoms with van der Waals surface area (Å²) in [6.07, 6.45) is 0.279. The number of Topliss-reactive ketones (excluding diaryl/α,β-unsaturated/α-hetero) is 1. The number of ketones is 1. The fraction of sp³-hybridized carbons (Fsp3) is 0.188. The third-order valence-electron chi connectivity index (χ3n) is 3.18. The third kappa shape index (κ3) is 3.29. The molecule has 0 bridgehead atoms. The van der Waals surface area contributed by atoms with E-state index in [0.29, 0.717) is 10.0 Å². The average molecular weight is 321 g/mol. The highest BCUT2D eigenvalue weighted by Gasteiger charge is 2.09. The van der Waals surface area contributed by atoms with E-state index in [1.807, 2.05) is 32.0 Å². The Morgan fingerprint density at radius 2 is 1.84 bits per heavy atom. The molecule has 0 aliphatic carbocycles. The van der Waals surface area contributed by atoms with E-state index in [-0.39, 0.29) is 18.0 Å². The molecule has 0 aliphatic rings. The molecule has 0 radical (unpaired) electrons. The van der Waals surface area contributed by atoms with Gasteiger partial charge >= 0.3 is 0 Å². The Bertz CT molecular complexity index is 635. The molecule has 0 amide bonds. The number of carbonyl (C=O) groups excluding carboxylic acids is 1. The van der Waals surface area contributed by atoms with Crippen LogP contribution in [0.1, 0.15) is 27.0 Å². The van der Waals surface area contributed by atoms with Crippen molar-refractivity contribution in [2.45, 2.75) is 20.3 Å². The Morgan fingerprint density at radius 3 is 2.47 bits per heavy atom. The lowest BCUT2D eigenvalue weighted by Gasteiger charge is -2.05. The molecule has 0 heterocycles. The predicted molar refractivity (Wildman–Crippen MR) is 78.1 cm³/mol. The highest BCUT2D eigenvalue weighted by molar-refractivity contribution is 9.10. The van der Waals surface area contributed by atoms with Crippen molar-refractivity contribution in [3.05, 3.63) is 68.9 Å². The highest BCUT2D eigenvalue weighted by Crippen LogP contribution is 2.19. The minimum absolute atomic E-state index is 0.0432. The average Bonchev–Trinajstić information content (AvgIpc) is 2.37. The maximum atomic E-state index is 13.1. The van der Waals surface area contributed by atoms with Crippen molar-refractivity contribution in [1.82, 2.24) is 0 Å². The van der Waals surface area contributed by atoms with Crippen LogP contribution >= 0.6 is 15.9 Å². The number of hydrogen-bond acceptors (Lipinski definition) is 1. The molecule has 0 saturated carbocycles. The van der Waals surface area contributed by atoms with E-state index in [4.69, 9.17) is 0 Å². The Balaban J connectivity index is 2.20. The van der Waals surface area contributed by atoms with Crippen LogP contribution in [0.2, 0.25) is 0 Å². The third-order valence-corrected chi connectivity index (χ3v) is 3.79. The molecule has 0 saturated heterocycles. The number of aryl methyl sites for hydroxylation is 2. The fourth-order valence-corrected chi connectivity index (χ4v) is 2.28. The van der Waals surface area contributed by atoms with Gasteiger partial charge in [-0.15, -0.1) is 0 Å². The van der Waals surface area contributed by atoms with Crippen LogP contribution in [0, 0.1) is 19.7 Å². The van der Waals surface area contributed by atoms with E-state index in [0.717, 1.165) is 11.1 Å². The molecule has 2 rings (SSSR count). The number of rotatable bonds is 3. The molecule has 2 aromatic carbocycles. The second-order valence-electron chi connectivity index (χ2n) is 4.65. The summed E-state index contributed by atoms with van der Waals surface area (Å²) in [6, 6.07) is 10.3. The highest BCUT2D eigenvalue weighted by atomic mass is 79.9. The lowest BCUT2D eigenvalue weighted by Crippen LogP contribution is -2.04. The van der Waals surface area contributed by atoms with Crippen molar-refractivity contribution in [3.8, 4) is 0 Å². The van der Waals surface area contributed by atoms with Crippen LogP contribution in [0.15, 0.2) is 40.9 Å². The molecule has 0 fully saturated rings. The van der Waals surface area contributed by atoms with Gasteiger partial charge in [0.25, 0.3) is 0 Å². The summed E-state index contributed by atoms with van der Waals surface area (Å²) >= 11 is 3.13. The molecule has 2 aromatic rings. The maximum Gasteiger partial charge on any atom is 0.167 e. The van der Waals surface area contributed by atoms with Crippen LogP contribution in [0.25, 0.3) is 0 Å². The molecule has 0 aromatic heterocycles. The summed E-state index contributed by atoms with van der Waals surface area (Å²) in [5, 5.41) is 0. The van der Waals surface area contributed by atoms with Gasteiger partial charge in [-0.05, 0) is 64.7 Å². The van der Waals surface area contributed by atoms with E-state index in [1.165, 1.54) is 11.6 Å². The monoisotopic (exact) mass is 320 g/mol. The molecular formula is C16H14BrFO. The van der Waals surface area contributed by atoms with Crippen molar-refractivity contribution in [2.24, 2.45) is 0 Å². The van der Waals surface area contributed by atoms with Crippen LogP contribution in [0.4, 0.5) is 4.39 Å². The smallest absolute Gasteiger partial charge is 0.167 e. The molecule has 0 N–H and O–H groups in total. The summed E-state index contributed by atoms with van der Waals surface area (Å²) in [5.74, 6) is -0.274. The van der Waals surface area contributed by atoms with Crippen LogP contribution in [-0.2, 0) is 6.42 Å². The summed E-state index contributed by atoms with van der Waals surface area (Å²) in [5.41, 5.74) is 3.77. The number of carbonyl (C=O) groups is 1. The van der Waals surface area contributed by atoms with Crippen LogP contribution < -0.4 is 0 Å². The van der Waals surface area contributed by atoms with Gasteiger partial charge in [-0.1, -0.05) is 18.2 Å². The first-order valence-corrected chi connectivity index (χ1v) is 6.81. The Morgan fingerprint density at radius 1 is 1.11 bits per heavy atom. The topological polar surface area (TPSA) is 17.1 Å². The number of halogens is 2. The molecule has 3 heteroatoms. The Kier molecular flexibility index (Phi) is 4.15. The summed E-state index contributed by atoms with van der Waals surface area (Å²) in [7, 11) is 0. The fourth-order valence-electron chi connectivity index (χ4n) is 1.85. The SMILES string of the molecule is Cc1ccc(C(=O)Cc2ccc(F)c(Br)c2)cc1C. The van der Waals surface area contributed by atoms with Crippen molar-refractivity contribution in [2.75, 3.05) is 0 Å². The van der Waals surface area contributed by atoms with Crippen LogP contribution in [0.5, 0.6) is 0 Å². The van der Waals surface area contributed by atoms with E-state index >= 15 is 0 Å². The van der Waals surface area contributed by atoms with Crippen molar-refractivity contribution < 1.29 is 9.18 Å². The van der Waals surface area contributed by atoms with Gasteiger partial charge in [-0.2, -0.15) is 0 Å². The van der Waals surface area contributed by atoms with Crippen LogP contribution in [0.3, 0.4) is 0 Å². The standard InChI is InChI=1S/C16H14BrFO/c1-10-3-5-13(7-11(10)2)16(19)9-12-4-6-15(18)14(17)8-12/h3-8H,9H2,1-2H3. The van der Waals surface area contributed by atoms with E-state index in [1.54, 1.807) is 12.1 Å². The molecule has 0 spiro atoms. The van der Waals surface area contributed by atoms with Crippen molar-refractivity contribution in [1.29, 1.82) is 0 Å². The van der Waals surface area contributed by atoms with Gasteiger partial charge in [0.1, 0.15) is 5.82 Å². The molecule has 1 nitrogen and oxygen atoms in total. The normalized spacial score (nSPS) is 10.5. The van der Waals surface area contributed by atoms with E-state index in [2.05, 4.69) is 15.9 Å². The lowest BCUT2D eigenvalue weighted by molar-refractivity contribution is 0.0993. The molecule has 98 valence electrons. The molecular weight excluding hydrogens is 307 g/mol. The van der Waals surface area contributed by atoms with Gasteiger partial charge in [0.05, 0.1) is 4.47 Å². The van der Waals surface area contributed by atoms with Crippen molar-refractivity contribution >= 4 is 21.7 Å². The van der Waals surface area contributed by atoms with Gasteiger partial charge in [-0.3, -0.25) is 4.79 Å².